The highest BCUT2D eigenvalue weighted by atomic mass is 19.4. The van der Waals surface area contributed by atoms with Gasteiger partial charge in [-0.2, -0.15) is 13.2 Å². The second-order valence-corrected chi connectivity index (χ2v) is 5.21. The first-order valence-corrected chi connectivity index (χ1v) is 7.37. The number of amides is 2. The molecular formula is C17H14F4N2O3. The van der Waals surface area contributed by atoms with Crippen LogP contribution in [0.4, 0.5) is 17.6 Å². The van der Waals surface area contributed by atoms with Gasteiger partial charge in [0, 0.05) is 5.56 Å². The van der Waals surface area contributed by atoms with Crippen molar-refractivity contribution in [3.63, 3.8) is 0 Å². The maximum absolute atomic E-state index is 13.5. The normalized spacial score (nSPS) is 12.2. The minimum Gasteiger partial charge on any atom is -0.478 e. The van der Waals surface area contributed by atoms with Crippen molar-refractivity contribution in [1.29, 1.82) is 0 Å². The van der Waals surface area contributed by atoms with Gasteiger partial charge in [-0.3, -0.25) is 20.4 Å². The van der Waals surface area contributed by atoms with Crippen molar-refractivity contribution >= 4 is 11.8 Å². The predicted molar refractivity (Wildman–Crippen MR) is 83.5 cm³/mol. The lowest BCUT2D eigenvalue weighted by Crippen LogP contribution is -2.47. The van der Waals surface area contributed by atoms with E-state index in [1.807, 2.05) is 5.43 Å². The molecule has 2 rings (SSSR count). The summed E-state index contributed by atoms with van der Waals surface area (Å²) in [6.07, 6.45) is -5.64. The molecule has 2 N–H and O–H groups in total. The molecule has 2 aromatic carbocycles. The highest BCUT2D eigenvalue weighted by Gasteiger charge is 2.30. The Kier molecular flexibility index (Phi) is 5.81. The van der Waals surface area contributed by atoms with Crippen LogP contribution in [0.2, 0.25) is 0 Å². The van der Waals surface area contributed by atoms with Crippen LogP contribution in [0, 0.1) is 5.82 Å². The van der Waals surface area contributed by atoms with Crippen molar-refractivity contribution in [2.24, 2.45) is 0 Å². The zero-order valence-corrected chi connectivity index (χ0v) is 13.4. The van der Waals surface area contributed by atoms with Crippen LogP contribution in [0.3, 0.4) is 0 Å². The zero-order chi connectivity index (χ0) is 19.3. The number of hydrogen-bond donors (Lipinski definition) is 2. The molecular weight excluding hydrogens is 356 g/mol. The first kappa shape index (κ1) is 19.2. The highest BCUT2D eigenvalue weighted by Crippen LogP contribution is 2.29. The number of hydrogen-bond acceptors (Lipinski definition) is 3. The number of ether oxygens (including phenoxy) is 1. The number of alkyl halides is 3. The third kappa shape index (κ3) is 4.95. The summed E-state index contributed by atoms with van der Waals surface area (Å²) in [5.41, 5.74) is 3.12. The molecule has 5 nitrogen and oxygen atoms in total. The maximum atomic E-state index is 13.5. The lowest BCUT2D eigenvalue weighted by molar-refractivity contribution is -0.137. The van der Waals surface area contributed by atoms with Gasteiger partial charge in [-0.25, -0.2) is 4.39 Å². The minimum absolute atomic E-state index is 0.0824. The molecule has 0 radical (unpaired) electrons. The van der Waals surface area contributed by atoms with Gasteiger partial charge in [-0.05, 0) is 43.3 Å². The molecule has 0 aromatic heterocycles. The van der Waals surface area contributed by atoms with Crippen LogP contribution in [0.15, 0.2) is 48.5 Å². The van der Waals surface area contributed by atoms with E-state index in [0.29, 0.717) is 0 Å². The fourth-order valence-corrected chi connectivity index (χ4v) is 1.89. The molecule has 26 heavy (non-hydrogen) atoms. The summed E-state index contributed by atoms with van der Waals surface area (Å²) in [6.45, 7) is 1.34. The van der Waals surface area contributed by atoms with Gasteiger partial charge in [0.2, 0.25) is 0 Å². The molecule has 0 aliphatic heterocycles. The average Bonchev–Trinajstić information content (AvgIpc) is 2.60. The molecule has 0 bridgehead atoms. The summed E-state index contributed by atoms with van der Waals surface area (Å²) < 4.78 is 56.0. The number of carbonyl (C=O) groups excluding carboxylic acids is 2. The second kappa shape index (κ2) is 7.85. The molecule has 9 heteroatoms. The van der Waals surface area contributed by atoms with E-state index in [2.05, 4.69) is 5.43 Å². The molecule has 0 aliphatic carbocycles. The molecule has 1 atom stereocenters. The predicted octanol–water partition coefficient (Wildman–Crippen LogP) is 3.07. The molecule has 0 saturated heterocycles. The van der Waals surface area contributed by atoms with Gasteiger partial charge in [0.1, 0.15) is 0 Å². The van der Waals surface area contributed by atoms with Crippen molar-refractivity contribution in [3.05, 3.63) is 65.5 Å². The lowest BCUT2D eigenvalue weighted by Gasteiger charge is -2.15. The molecule has 0 saturated carbocycles. The SMILES string of the molecule is C[C@@H](Oc1ccccc1F)C(=O)NNC(=O)c1ccc(C(F)(F)F)cc1. The topological polar surface area (TPSA) is 67.4 Å². The lowest BCUT2D eigenvalue weighted by atomic mass is 10.1. The summed E-state index contributed by atoms with van der Waals surface area (Å²) in [5.74, 6) is -2.37. The third-order valence-electron chi connectivity index (χ3n) is 3.28. The van der Waals surface area contributed by atoms with E-state index in [1.165, 1.54) is 25.1 Å². The molecule has 0 unspecified atom stereocenters. The monoisotopic (exact) mass is 370 g/mol. The Balaban J connectivity index is 1.90. The van der Waals surface area contributed by atoms with Gasteiger partial charge in [0.25, 0.3) is 11.8 Å². The fourth-order valence-electron chi connectivity index (χ4n) is 1.89. The summed E-state index contributed by atoms with van der Waals surface area (Å²) in [5, 5.41) is 0. The Labute approximate surface area is 145 Å². The zero-order valence-electron chi connectivity index (χ0n) is 13.4. The summed E-state index contributed by atoms with van der Waals surface area (Å²) in [6, 6.07) is 8.92. The van der Waals surface area contributed by atoms with Crippen LogP contribution < -0.4 is 15.6 Å². The quantitative estimate of drug-likeness (QED) is 0.642. The Morgan fingerprint density at radius 1 is 1.00 bits per heavy atom. The summed E-state index contributed by atoms with van der Waals surface area (Å²) in [4.78, 5) is 23.7. The van der Waals surface area contributed by atoms with Crippen LogP contribution in [-0.4, -0.2) is 17.9 Å². The Hall–Kier alpha value is -3.10. The number of carbonyl (C=O) groups is 2. The number of para-hydroxylation sites is 1. The molecule has 138 valence electrons. The molecule has 2 aromatic rings. The van der Waals surface area contributed by atoms with Crippen molar-refractivity contribution in [3.8, 4) is 5.75 Å². The number of benzene rings is 2. The van der Waals surface area contributed by atoms with Crippen LogP contribution >= 0.6 is 0 Å². The standard InChI is InChI=1S/C17H14F4N2O3/c1-10(26-14-5-3-2-4-13(14)18)15(24)22-23-16(25)11-6-8-12(9-7-11)17(19,20)21/h2-10H,1H3,(H,22,24)(H,23,25)/t10-/m1/s1. The number of nitrogens with one attached hydrogen (secondary N) is 2. The van der Waals surface area contributed by atoms with Gasteiger partial charge in [0.05, 0.1) is 5.56 Å². The van der Waals surface area contributed by atoms with Crippen LogP contribution in [0.1, 0.15) is 22.8 Å². The van der Waals surface area contributed by atoms with Crippen LogP contribution in [0.5, 0.6) is 5.75 Å². The van der Waals surface area contributed by atoms with Gasteiger partial charge >= 0.3 is 6.18 Å². The van der Waals surface area contributed by atoms with Crippen molar-refractivity contribution in [1.82, 2.24) is 10.9 Å². The Bertz CT molecular complexity index is 791. The molecule has 0 aliphatic rings. The Morgan fingerprint density at radius 2 is 1.62 bits per heavy atom. The van der Waals surface area contributed by atoms with Gasteiger partial charge in [-0.15, -0.1) is 0 Å². The third-order valence-corrected chi connectivity index (χ3v) is 3.28. The smallest absolute Gasteiger partial charge is 0.416 e. The van der Waals surface area contributed by atoms with Crippen LogP contribution in [-0.2, 0) is 11.0 Å². The fraction of sp³-hybridized carbons (Fsp3) is 0.176. The van der Waals surface area contributed by atoms with Gasteiger partial charge in [0.15, 0.2) is 17.7 Å². The van der Waals surface area contributed by atoms with E-state index in [1.54, 1.807) is 0 Å². The number of hydrazine groups is 1. The van der Waals surface area contributed by atoms with Crippen molar-refractivity contribution in [2.75, 3.05) is 0 Å². The highest BCUT2D eigenvalue weighted by molar-refractivity contribution is 5.95. The summed E-state index contributed by atoms with van der Waals surface area (Å²) >= 11 is 0. The van der Waals surface area contributed by atoms with Crippen molar-refractivity contribution in [2.45, 2.75) is 19.2 Å². The van der Waals surface area contributed by atoms with Crippen LogP contribution in [0.25, 0.3) is 0 Å². The van der Waals surface area contributed by atoms with E-state index in [-0.39, 0.29) is 11.3 Å². The number of halogens is 4. The van der Waals surface area contributed by atoms with Gasteiger partial charge in [-0.1, -0.05) is 12.1 Å². The molecule has 2 amide bonds. The number of rotatable bonds is 4. The summed E-state index contributed by atoms with van der Waals surface area (Å²) in [7, 11) is 0. The van der Waals surface area contributed by atoms with E-state index in [4.69, 9.17) is 4.74 Å². The van der Waals surface area contributed by atoms with E-state index < -0.39 is 35.5 Å². The average molecular weight is 370 g/mol. The molecule has 0 fully saturated rings. The van der Waals surface area contributed by atoms with E-state index in [0.717, 1.165) is 30.3 Å². The second-order valence-electron chi connectivity index (χ2n) is 5.21. The van der Waals surface area contributed by atoms with Gasteiger partial charge < -0.3 is 4.74 Å². The largest absolute Gasteiger partial charge is 0.478 e. The Morgan fingerprint density at radius 3 is 2.19 bits per heavy atom. The first-order valence-electron chi connectivity index (χ1n) is 7.37. The van der Waals surface area contributed by atoms with E-state index in [9.17, 15) is 27.2 Å². The molecule has 0 spiro atoms. The maximum Gasteiger partial charge on any atom is 0.416 e. The van der Waals surface area contributed by atoms with Crippen molar-refractivity contribution < 1.29 is 31.9 Å². The minimum atomic E-state index is -4.51. The molecule has 0 heterocycles. The first-order chi connectivity index (χ1) is 12.2. The van der Waals surface area contributed by atoms with E-state index >= 15 is 0 Å².